The molecule has 0 amide bonds. The zero-order valence-electron chi connectivity index (χ0n) is 8.93. The van der Waals surface area contributed by atoms with Crippen LogP contribution in [-0.2, 0) is 10.3 Å². The lowest BCUT2D eigenvalue weighted by molar-refractivity contribution is -0.143. The van der Waals surface area contributed by atoms with Crippen LogP contribution in [0.1, 0.15) is 23.1 Å². The smallest absolute Gasteiger partial charge is 0.329 e. The number of methoxy groups -OCH3 is 1. The van der Waals surface area contributed by atoms with E-state index in [2.05, 4.69) is 4.98 Å². The van der Waals surface area contributed by atoms with E-state index in [-0.39, 0.29) is 17.1 Å². The number of carbonyl (C=O) groups is 2. The van der Waals surface area contributed by atoms with Crippen molar-refractivity contribution >= 4 is 12.3 Å². The van der Waals surface area contributed by atoms with E-state index in [0.717, 1.165) is 0 Å². The minimum absolute atomic E-state index is 0.0205. The van der Waals surface area contributed by atoms with Crippen molar-refractivity contribution in [3.63, 3.8) is 0 Å². The van der Waals surface area contributed by atoms with E-state index in [4.69, 9.17) is 15.6 Å². The van der Waals surface area contributed by atoms with E-state index in [1.54, 1.807) is 0 Å². The van der Waals surface area contributed by atoms with Crippen LogP contribution in [0.25, 0.3) is 0 Å². The molecule has 1 rings (SSSR count). The Morgan fingerprint density at radius 3 is 2.69 bits per heavy atom. The molecule has 1 aromatic heterocycles. The molecule has 6 nitrogen and oxygen atoms in total. The number of hydrogen-bond donors (Lipinski definition) is 2. The Morgan fingerprint density at radius 2 is 2.25 bits per heavy atom. The predicted octanol–water partition coefficient (Wildman–Crippen LogP) is 0.161. The van der Waals surface area contributed by atoms with Gasteiger partial charge in [0.15, 0.2) is 11.8 Å². The third kappa shape index (κ3) is 2.01. The second-order valence-electron chi connectivity index (χ2n) is 3.41. The van der Waals surface area contributed by atoms with Crippen LogP contribution in [0.5, 0.6) is 5.75 Å². The summed E-state index contributed by atoms with van der Waals surface area (Å²) in [5.74, 6) is -1.01. The van der Waals surface area contributed by atoms with Gasteiger partial charge in [0.2, 0.25) is 0 Å². The summed E-state index contributed by atoms with van der Waals surface area (Å²) in [5, 5.41) is 8.97. The fourth-order valence-corrected chi connectivity index (χ4v) is 1.17. The van der Waals surface area contributed by atoms with Gasteiger partial charge in [-0.15, -0.1) is 0 Å². The number of ether oxygens (including phenoxy) is 1. The van der Waals surface area contributed by atoms with Crippen LogP contribution in [0.3, 0.4) is 0 Å². The van der Waals surface area contributed by atoms with Crippen molar-refractivity contribution < 1.29 is 19.4 Å². The third-order valence-corrected chi connectivity index (χ3v) is 2.16. The molecule has 0 aliphatic carbocycles. The largest absolute Gasteiger partial charge is 0.495 e. The van der Waals surface area contributed by atoms with Crippen molar-refractivity contribution in [2.24, 2.45) is 5.73 Å². The number of carboxylic acid groups (broad SMARTS) is 1. The third-order valence-electron chi connectivity index (χ3n) is 2.16. The predicted molar refractivity (Wildman–Crippen MR) is 55.4 cm³/mol. The van der Waals surface area contributed by atoms with Crippen LogP contribution in [0.2, 0.25) is 0 Å². The fraction of sp³-hybridized carbons (Fsp3) is 0.300. The molecule has 0 aliphatic rings. The number of pyridine rings is 1. The van der Waals surface area contributed by atoms with Gasteiger partial charge in [0.25, 0.3) is 0 Å². The molecule has 0 saturated carbocycles. The van der Waals surface area contributed by atoms with Gasteiger partial charge >= 0.3 is 5.97 Å². The molecule has 0 fully saturated rings. The number of carbonyl (C=O) groups excluding carboxylic acids is 1. The second-order valence-corrected chi connectivity index (χ2v) is 3.41. The number of nitrogens with two attached hydrogens (primary N) is 1. The van der Waals surface area contributed by atoms with Gasteiger partial charge in [-0.3, -0.25) is 4.79 Å². The topological polar surface area (TPSA) is 103 Å². The number of carboxylic acids is 1. The first-order chi connectivity index (χ1) is 7.43. The summed E-state index contributed by atoms with van der Waals surface area (Å²) in [6.45, 7) is 1.29. The van der Waals surface area contributed by atoms with Gasteiger partial charge in [-0.25, -0.2) is 9.78 Å². The molecule has 1 atom stereocenters. The minimum atomic E-state index is -1.70. The fourth-order valence-electron chi connectivity index (χ4n) is 1.17. The zero-order chi connectivity index (χ0) is 12.3. The van der Waals surface area contributed by atoms with Crippen molar-refractivity contribution in [3.05, 3.63) is 23.5 Å². The van der Waals surface area contributed by atoms with E-state index in [9.17, 15) is 9.59 Å². The van der Waals surface area contributed by atoms with Crippen molar-refractivity contribution in [1.29, 1.82) is 0 Å². The molecule has 1 aromatic rings. The Hall–Kier alpha value is -1.95. The van der Waals surface area contributed by atoms with Gasteiger partial charge in [0, 0.05) is 0 Å². The first kappa shape index (κ1) is 12.1. The van der Waals surface area contributed by atoms with E-state index in [1.165, 1.54) is 26.2 Å². The summed E-state index contributed by atoms with van der Waals surface area (Å²) in [5.41, 5.74) is 4.04. The van der Waals surface area contributed by atoms with Crippen molar-refractivity contribution in [3.8, 4) is 5.75 Å². The summed E-state index contributed by atoms with van der Waals surface area (Å²) in [7, 11) is 1.37. The van der Waals surface area contributed by atoms with Crippen molar-refractivity contribution in [1.82, 2.24) is 4.98 Å². The molecule has 0 radical (unpaired) electrons. The molecule has 3 N–H and O–H groups in total. The number of hydrogen-bond acceptors (Lipinski definition) is 5. The lowest BCUT2D eigenvalue weighted by atomic mass is 9.97. The number of rotatable bonds is 4. The summed E-state index contributed by atoms with van der Waals surface area (Å²) < 4.78 is 4.96. The lowest BCUT2D eigenvalue weighted by Crippen LogP contribution is -2.43. The van der Waals surface area contributed by atoms with Gasteiger partial charge in [0.05, 0.1) is 7.11 Å². The Labute approximate surface area is 92.0 Å². The molecule has 86 valence electrons. The Kier molecular flexibility index (Phi) is 3.24. The summed E-state index contributed by atoms with van der Waals surface area (Å²) >= 11 is 0. The van der Waals surface area contributed by atoms with E-state index < -0.39 is 11.5 Å². The van der Waals surface area contributed by atoms with Crippen molar-refractivity contribution in [2.75, 3.05) is 7.11 Å². The molecule has 0 spiro atoms. The molecule has 0 bridgehead atoms. The van der Waals surface area contributed by atoms with E-state index in [1.807, 2.05) is 0 Å². The molecule has 0 aliphatic heterocycles. The average molecular weight is 224 g/mol. The van der Waals surface area contributed by atoms with Gasteiger partial charge < -0.3 is 15.6 Å². The van der Waals surface area contributed by atoms with Gasteiger partial charge in [0.1, 0.15) is 17.1 Å². The van der Waals surface area contributed by atoms with Crippen LogP contribution in [0.15, 0.2) is 12.1 Å². The monoisotopic (exact) mass is 224 g/mol. The van der Waals surface area contributed by atoms with Gasteiger partial charge in [-0.05, 0) is 19.1 Å². The normalized spacial score (nSPS) is 13.9. The SMILES string of the molecule is COc1ccc(C=O)nc1[C@@](C)(N)C(=O)O. The highest BCUT2D eigenvalue weighted by Crippen LogP contribution is 2.26. The average Bonchev–Trinajstić information content (AvgIpc) is 2.27. The summed E-state index contributed by atoms with van der Waals surface area (Å²) in [4.78, 5) is 25.4. The maximum absolute atomic E-state index is 11.0. The van der Waals surface area contributed by atoms with E-state index in [0.29, 0.717) is 6.29 Å². The van der Waals surface area contributed by atoms with E-state index >= 15 is 0 Å². The van der Waals surface area contributed by atoms with Crippen LogP contribution >= 0.6 is 0 Å². The minimum Gasteiger partial charge on any atom is -0.495 e. The van der Waals surface area contributed by atoms with Crippen LogP contribution in [0.4, 0.5) is 0 Å². The molecule has 0 saturated heterocycles. The zero-order valence-corrected chi connectivity index (χ0v) is 8.93. The highest BCUT2D eigenvalue weighted by Gasteiger charge is 2.35. The molecular weight excluding hydrogens is 212 g/mol. The highest BCUT2D eigenvalue weighted by molar-refractivity contribution is 5.81. The summed E-state index contributed by atoms with van der Waals surface area (Å²) in [6.07, 6.45) is 0.515. The first-order valence-corrected chi connectivity index (χ1v) is 4.46. The first-order valence-electron chi connectivity index (χ1n) is 4.46. The molecule has 0 aromatic carbocycles. The Balaban J connectivity index is 3.39. The van der Waals surface area contributed by atoms with Crippen LogP contribution < -0.4 is 10.5 Å². The van der Waals surface area contributed by atoms with Gasteiger partial charge in [-0.2, -0.15) is 0 Å². The van der Waals surface area contributed by atoms with Crippen molar-refractivity contribution in [2.45, 2.75) is 12.5 Å². The van der Waals surface area contributed by atoms with Gasteiger partial charge in [-0.1, -0.05) is 0 Å². The number of aldehydes is 1. The maximum Gasteiger partial charge on any atom is 0.329 e. The molecule has 16 heavy (non-hydrogen) atoms. The van der Waals surface area contributed by atoms with Crippen LogP contribution in [-0.4, -0.2) is 29.5 Å². The Bertz CT molecular complexity index is 429. The molecule has 1 heterocycles. The lowest BCUT2D eigenvalue weighted by Gasteiger charge is -2.21. The quantitative estimate of drug-likeness (QED) is 0.706. The standard InChI is InChI=1S/C10H12N2O4/c1-10(11,9(14)15)8-7(16-2)4-3-6(5-13)12-8/h3-5H,11H2,1-2H3,(H,14,15)/t10-/m1/s1. The number of aromatic nitrogens is 1. The summed E-state index contributed by atoms with van der Waals surface area (Å²) in [6, 6.07) is 2.88. The number of nitrogens with zero attached hydrogens (tertiary/aromatic N) is 1. The molecule has 6 heteroatoms. The second kappa shape index (κ2) is 4.28. The number of aliphatic carboxylic acids is 1. The highest BCUT2D eigenvalue weighted by atomic mass is 16.5. The molecular formula is C10H12N2O4. The Morgan fingerprint density at radius 1 is 1.62 bits per heavy atom. The molecule has 0 unspecified atom stereocenters. The van der Waals surface area contributed by atoms with Crippen LogP contribution in [0, 0.1) is 0 Å². The maximum atomic E-state index is 11.0.